The number of hydrogen-bond donors (Lipinski definition) is 2. The standard InChI is InChI=1S/C28H18N4S/c1-2-4-26-17(3-1)13-27(33-26)28-24-11-9-22(31-24)15-20-7-5-18(29-20)14-19-6-8-21(30-19)16-23-10-12-25(28)32-23/h1-16,29-30H. The molecule has 0 unspecified atom stereocenters. The number of H-pyrrole nitrogens is 2. The Morgan fingerprint density at radius 2 is 1.15 bits per heavy atom. The van der Waals surface area contributed by atoms with E-state index in [4.69, 9.17) is 9.97 Å². The lowest BCUT2D eigenvalue weighted by molar-refractivity contribution is 1.28. The van der Waals surface area contributed by atoms with Crippen LogP contribution in [0.3, 0.4) is 0 Å². The highest BCUT2D eigenvalue weighted by Gasteiger charge is 2.16. The zero-order valence-electron chi connectivity index (χ0n) is 17.5. The van der Waals surface area contributed by atoms with Gasteiger partial charge in [0.25, 0.3) is 0 Å². The SMILES string of the molecule is C1=Cc2nc1cc1ccc(cc3ccc(cc4nc(c2-c2cc5ccccc5s2)C=C4)[nH]3)[nH]1. The van der Waals surface area contributed by atoms with E-state index in [0.717, 1.165) is 50.4 Å². The number of aromatic nitrogens is 4. The van der Waals surface area contributed by atoms with Crippen molar-refractivity contribution in [3.8, 4) is 10.4 Å². The summed E-state index contributed by atoms with van der Waals surface area (Å²) < 4.78 is 1.26. The fraction of sp³-hybridized carbons (Fsp3) is 0. The zero-order chi connectivity index (χ0) is 21.8. The van der Waals surface area contributed by atoms with E-state index in [1.165, 1.54) is 15.0 Å². The number of fused-ring (bicyclic) bond motifs is 9. The van der Waals surface area contributed by atoms with Gasteiger partial charge in [-0.1, -0.05) is 18.2 Å². The first-order valence-electron chi connectivity index (χ1n) is 10.8. The number of benzene rings is 1. The van der Waals surface area contributed by atoms with E-state index in [-0.39, 0.29) is 0 Å². The molecule has 0 spiro atoms. The quantitative estimate of drug-likeness (QED) is 0.276. The maximum absolute atomic E-state index is 4.97. The Hall–Kier alpha value is -4.22. The molecule has 7 rings (SSSR count). The molecule has 0 amide bonds. The molecule has 0 saturated carbocycles. The summed E-state index contributed by atoms with van der Waals surface area (Å²) in [6, 6.07) is 25.3. The van der Waals surface area contributed by atoms with Crippen LogP contribution in [0.4, 0.5) is 0 Å². The molecule has 6 heterocycles. The summed E-state index contributed by atoms with van der Waals surface area (Å²) in [4.78, 5) is 18.0. The average molecular weight is 443 g/mol. The smallest absolute Gasteiger partial charge is 0.0746 e. The third-order valence-corrected chi connectivity index (χ3v) is 7.02. The molecule has 2 aliphatic rings. The van der Waals surface area contributed by atoms with Crippen LogP contribution < -0.4 is 0 Å². The summed E-state index contributed by atoms with van der Waals surface area (Å²) in [5.41, 5.74) is 8.90. The van der Waals surface area contributed by atoms with Gasteiger partial charge in [0.15, 0.2) is 0 Å². The van der Waals surface area contributed by atoms with Crippen LogP contribution in [0.2, 0.25) is 0 Å². The number of aromatic amines is 2. The fourth-order valence-electron chi connectivity index (χ4n) is 4.37. The highest BCUT2D eigenvalue weighted by Crippen LogP contribution is 2.38. The van der Waals surface area contributed by atoms with E-state index < -0.39 is 0 Å². The lowest BCUT2D eigenvalue weighted by atomic mass is 10.1. The third-order valence-electron chi connectivity index (χ3n) is 5.89. The van der Waals surface area contributed by atoms with Crippen molar-refractivity contribution in [2.45, 2.75) is 0 Å². The van der Waals surface area contributed by atoms with Crippen LogP contribution in [-0.2, 0) is 0 Å². The van der Waals surface area contributed by atoms with Crippen molar-refractivity contribution in [1.29, 1.82) is 0 Å². The Kier molecular flexibility index (Phi) is 3.98. The first kappa shape index (κ1) is 18.4. The van der Waals surface area contributed by atoms with Crippen molar-refractivity contribution in [2.75, 3.05) is 0 Å². The minimum Gasteiger partial charge on any atom is -0.355 e. The third kappa shape index (κ3) is 3.30. The second-order valence-electron chi connectivity index (χ2n) is 8.21. The first-order valence-corrected chi connectivity index (χ1v) is 11.6. The second-order valence-corrected chi connectivity index (χ2v) is 9.29. The molecule has 156 valence electrons. The molecule has 2 N–H and O–H groups in total. The Balaban J connectivity index is 1.58. The summed E-state index contributed by atoms with van der Waals surface area (Å²) in [6.45, 7) is 0. The maximum atomic E-state index is 4.97. The molecular formula is C28H18N4S. The molecule has 33 heavy (non-hydrogen) atoms. The molecule has 1 aromatic carbocycles. The molecule has 2 aliphatic heterocycles. The van der Waals surface area contributed by atoms with Crippen LogP contribution in [0.25, 0.3) is 66.9 Å². The van der Waals surface area contributed by atoms with E-state index in [2.05, 4.69) is 107 Å². The van der Waals surface area contributed by atoms with Gasteiger partial charge in [-0.05, 0) is 84.3 Å². The predicted octanol–water partition coefficient (Wildman–Crippen LogP) is 7.54. The first-order chi connectivity index (χ1) is 16.3. The van der Waals surface area contributed by atoms with Crippen molar-refractivity contribution in [2.24, 2.45) is 0 Å². The number of nitrogens with zero attached hydrogens (tertiary/aromatic N) is 2. The summed E-state index contributed by atoms with van der Waals surface area (Å²) in [6.07, 6.45) is 8.32. The summed E-state index contributed by atoms with van der Waals surface area (Å²) >= 11 is 1.78. The molecule has 4 aromatic heterocycles. The molecule has 0 saturated heterocycles. The van der Waals surface area contributed by atoms with E-state index >= 15 is 0 Å². The van der Waals surface area contributed by atoms with Gasteiger partial charge in [0.1, 0.15) is 0 Å². The molecule has 4 nitrogen and oxygen atoms in total. The van der Waals surface area contributed by atoms with Crippen LogP contribution in [0.15, 0.2) is 72.8 Å². The Bertz CT molecular complexity index is 1650. The molecule has 8 bridgehead atoms. The van der Waals surface area contributed by atoms with Crippen molar-refractivity contribution in [3.63, 3.8) is 0 Å². The van der Waals surface area contributed by atoms with Gasteiger partial charge in [-0.2, -0.15) is 0 Å². The van der Waals surface area contributed by atoms with E-state index in [1.807, 2.05) is 0 Å². The van der Waals surface area contributed by atoms with Gasteiger partial charge in [-0.15, -0.1) is 11.3 Å². The van der Waals surface area contributed by atoms with Gasteiger partial charge in [0.05, 0.1) is 22.8 Å². The monoisotopic (exact) mass is 442 g/mol. The topological polar surface area (TPSA) is 57.4 Å². The molecule has 0 atom stereocenters. The highest BCUT2D eigenvalue weighted by atomic mass is 32.1. The van der Waals surface area contributed by atoms with Crippen LogP contribution >= 0.6 is 11.3 Å². The largest absolute Gasteiger partial charge is 0.355 e. The van der Waals surface area contributed by atoms with Crippen LogP contribution in [0, 0.1) is 0 Å². The molecule has 5 aromatic rings. The summed E-state index contributed by atoms with van der Waals surface area (Å²) in [5.74, 6) is 0. The molecule has 0 fully saturated rings. The number of hydrogen-bond acceptors (Lipinski definition) is 3. The predicted molar refractivity (Wildman–Crippen MR) is 140 cm³/mol. The molecular weight excluding hydrogens is 424 g/mol. The Morgan fingerprint density at radius 1 is 0.576 bits per heavy atom. The van der Waals surface area contributed by atoms with Crippen LogP contribution in [-0.4, -0.2) is 19.9 Å². The Labute approximate surface area is 193 Å². The van der Waals surface area contributed by atoms with Crippen molar-refractivity contribution >= 4 is 67.8 Å². The molecule has 5 heteroatoms. The maximum Gasteiger partial charge on any atom is 0.0746 e. The number of nitrogens with one attached hydrogen (secondary N) is 2. The molecule has 0 radical (unpaired) electrons. The minimum atomic E-state index is 0.921. The van der Waals surface area contributed by atoms with Gasteiger partial charge in [-0.25, -0.2) is 9.97 Å². The normalized spacial score (nSPS) is 12.6. The molecule has 0 aliphatic carbocycles. The lowest BCUT2D eigenvalue weighted by Crippen LogP contribution is -1.86. The van der Waals surface area contributed by atoms with Gasteiger partial charge in [-0.3, -0.25) is 0 Å². The van der Waals surface area contributed by atoms with Crippen molar-refractivity contribution < 1.29 is 0 Å². The number of rotatable bonds is 1. The Morgan fingerprint density at radius 3 is 1.76 bits per heavy atom. The van der Waals surface area contributed by atoms with Crippen molar-refractivity contribution in [1.82, 2.24) is 19.9 Å². The average Bonchev–Trinajstić information content (AvgIpc) is 3.62. The zero-order valence-corrected chi connectivity index (χ0v) is 18.4. The second kappa shape index (κ2) is 7.15. The lowest BCUT2D eigenvalue weighted by Gasteiger charge is -2.00. The van der Waals surface area contributed by atoms with Crippen LogP contribution in [0.5, 0.6) is 0 Å². The summed E-state index contributed by atoms with van der Waals surface area (Å²) in [5, 5.41) is 1.24. The minimum absolute atomic E-state index is 0.921. The van der Waals surface area contributed by atoms with E-state index in [0.29, 0.717) is 0 Å². The van der Waals surface area contributed by atoms with Gasteiger partial charge >= 0.3 is 0 Å². The summed E-state index contributed by atoms with van der Waals surface area (Å²) in [7, 11) is 0. The van der Waals surface area contributed by atoms with Crippen LogP contribution in [0.1, 0.15) is 22.8 Å². The van der Waals surface area contributed by atoms with E-state index in [9.17, 15) is 0 Å². The fourth-order valence-corrected chi connectivity index (χ4v) is 5.49. The van der Waals surface area contributed by atoms with E-state index in [1.54, 1.807) is 11.3 Å². The van der Waals surface area contributed by atoms with Gasteiger partial charge in [0, 0.05) is 37.2 Å². The van der Waals surface area contributed by atoms with Crippen molar-refractivity contribution in [3.05, 3.63) is 95.6 Å². The van der Waals surface area contributed by atoms with Gasteiger partial charge < -0.3 is 9.97 Å². The highest BCUT2D eigenvalue weighted by molar-refractivity contribution is 7.22. The van der Waals surface area contributed by atoms with Gasteiger partial charge in [0.2, 0.25) is 0 Å². The number of thiophene rings is 1.